The van der Waals surface area contributed by atoms with E-state index in [1.165, 1.54) is 30.3 Å². The van der Waals surface area contributed by atoms with Crippen LogP contribution in [0.25, 0.3) is 6.08 Å². The van der Waals surface area contributed by atoms with Gasteiger partial charge in [-0.05, 0) is 95.2 Å². The fourth-order valence-corrected chi connectivity index (χ4v) is 4.17. The number of nitrogens with one attached hydrogen (secondary N) is 2. The molecule has 0 saturated carbocycles. The Morgan fingerprint density at radius 2 is 1.81 bits per heavy atom. The van der Waals surface area contributed by atoms with Gasteiger partial charge in [-0.25, -0.2) is 14.1 Å². The Balaban J connectivity index is 1.51. The number of hydrogen-bond acceptors (Lipinski definition) is 5. The van der Waals surface area contributed by atoms with Gasteiger partial charge < -0.3 is 20.1 Å². The number of rotatable bonds is 8. The van der Waals surface area contributed by atoms with Crippen molar-refractivity contribution < 1.29 is 28.2 Å². The fraction of sp³-hybridized carbons (Fsp3) is 0.115. The average molecular weight is 589 g/mol. The second-order valence-electron chi connectivity index (χ2n) is 7.71. The first kappa shape index (κ1) is 26.2. The summed E-state index contributed by atoms with van der Waals surface area (Å²) >= 11 is 9.32. The summed E-state index contributed by atoms with van der Waals surface area (Å²) in [7, 11) is 0. The van der Waals surface area contributed by atoms with Crippen LogP contribution >= 0.6 is 27.5 Å². The van der Waals surface area contributed by atoms with E-state index in [1.807, 2.05) is 0 Å². The third-order valence-corrected chi connectivity index (χ3v) is 5.92. The maximum absolute atomic E-state index is 13.1. The molecule has 190 valence electrons. The van der Waals surface area contributed by atoms with Crippen LogP contribution in [-0.4, -0.2) is 31.1 Å². The van der Waals surface area contributed by atoms with Gasteiger partial charge in [0, 0.05) is 10.7 Å². The average Bonchev–Trinajstić information content (AvgIpc) is 3.13. The summed E-state index contributed by atoms with van der Waals surface area (Å²) in [6.07, 6.45) is 1.51. The second kappa shape index (κ2) is 11.4. The van der Waals surface area contributed by atoms with E-state index in [4.69, 9.17) is 21.1 Å². The summed E-state index contributed by atoms with van der Waals surface area (Å²) < 4.78 is 24.9. The summed E-state index contributed by atoms with van der Waals surface area (Å²) in [5, 5.41) is 5.66. The highest BCUT2D eigenvalue weighted by Gasteiger charge is 2.35. The van der Waals surface area contributed by atoms with Gasteiger partial charge in [-0.2, -0.15) is 0 Å². The Bertz CT molecular complexity index is 1380. The van der Waals surface area contributed by atoms with Crippen LogP contribution in [-0.2, 0) is 9.59 Å². The standard InChI is InChI=1S/C26H20BrClFN3O5/c1-2-36-22-13-15(12-21-25(34)32(26(35)31-21)19-9-3-16(28)4-10-19)11-20(27)24(22)37-14-23(33)30-18-7-5-17(29)6-8-18/h3-13H,2,14H2,1H3,(H,30,33)(H,31,35)/b21-12+. The fourth-order valence-electron chi connectivity index (χ4n) is 3.47. The molecule has 4 rings (SSSR count). The minimum Gasteiger partial charge on any atom is -0.490 e. The summed E-state index contributed by atoms with van der Waals surface area (Å²) in [6.45, 7) is 1.76. The van der Waals surface area contributed by atoms with Crippen LogP contribution in [0.2, 0.25) is 5.02 Å². The van der Waals surface area contributed by atoms with E-state index in [2.05, 4.69) is 26.6 Å². The molecule has 1 aliphatic rings. The summed E-state index contributed by atoms with van der Waals surface area (Å²) in [5.74, 6) is -0.786. The summed E-state index contributed by atoms with van der Waals surface area (Å²) in [4.78, 5) is 38.7. The topological polar surface area (TPSA) is 97.0 Å². The molecule has 1 heterocycles. The van der Waals surface area contributed by atoms with Crippen molar-refractivity contribution in [2.75, 3.05) is 23.4 Å². The van der Waals surface area contributed by atoms with Gasteiger partial charge in [0.15, 0.2) is 18.1 Å². The molecule has 8 nitrogen and oxygen atoms in total. The van der Waals surface area contributed by atoms with Crippen LogP contribution in [0.5, 0.6) is 11.5 Å². The Morgan fingerprint density at radius 1 is 1.11 bits per heavy atom. The van der Waals surface area contributed by atoms with Crippen molar-refractivity contribution in [2.45, 2.75) is 6.92 Å². The zero-order chi connectivity index (χ0) is 26.5. The molecule has 11 heteroatoms. The lowest BCUT2D eigenvalue weighted by Crippen LogP contribution is -2.30. The lowest BCUT2D eigenvalue weighted by Gasteiger charge is -2.15. The number of carbonyl (C=O) groups is 3. The number of hydrogen-bond donors (Lipinski definition) is 2. The van der Waals surface area contributed by atoms with Crippen LogP contribution < -0.4 is 25.0 Å². The van der Waals surface area contributed by atoms with Gasteiger partial charge in [0.05, 0.1) is 16.8 Å². The predicted octanol–water partition coefficient (Wildman–Crippen LogP) is 5.76. The maximum atomic E-state index is 13.1. The van der Waals surface area contributed by atoms with Crippen LogP contribution in [0, 0.1) is 5.82 Å². The van der Waals surface area contributed by atoms with Crippen molar-refractivity contribution in [3.8, 4) is 11.5 Å². The van der Waals surface area contributed by atoms with Gasteiger partial charge in [0.25, 0.3) is 11.8 Å². The molecule has 0 unspecified atom stereocenters. The SMILES string of the molecule is CCOc1cc(/C=C2/NC(=O)N(c3ccc(Cl)cc3)C2=O)cc(Br)c1OCC(=O)Nc1ccc(F)cc1. The molecule has 0 bridgehead atoms. The monoisotopic (exact) mass is 587 g/mol. The molecule has 0 radical (unpaired) electrons. The lowest BCUT2D eigenvalue weighted by atomic mass is 10.1. The smallest absolute Gasteiger partial charge is 0.333 e. The first-order chi connectivity index (χ1) is 17.7. The molecule has 4 amide bonds. The number of urea groups is 1. The van der Waals surface area contributed by atoms with Gasteiger partial charge in [0.1, 0.15) is 11.5 Å². The quantitative estimate of drug-likeness (QED) is 0.258. The first-order valence-corrected chi connectivity index (χ1v) is 12.2. The number of carbonyl (C=O) groups excluding carboxylic acids is 3. The highest BCUT2D eigenvalue weighted by Crippen LogP contribution is 2.38. The number of halogens is 3. The number of amides is 4. The molecule has 3 aromatic rings. The molecule has 2 N–H and O–H groups in total. The number of imide groups is 1. The van der Waals surface area contributed by atoms with E-state index in [9.17, 15) is 18.8 Å². The van der Waals surface area contributed by atoms with E-state index in [-0.39, 0.29) is 18.1 Å². The van der Waals surface area contributed by atoms with E-state index in [0.717, 1.165) is 4.90 Å². The van der Waals surface area contributed by atoms with Crippen LogP contribution in [0.15, 0.2) is 70.8 Å². The van der Waals surface area contributed by atoms with Gasteiger partial charge >= 0.3 is 6.03 Å². The van der Waals surface area contributed by atoms with E-state index >= 15 is 0 Å². The first-order valence-electron chi connectivity index (χ1n) is 11.0. The third kappa shape index (κ3) is 6.28. The van der Waals surface area contributed by atoms with Crippen molar-refractivity contribution in [2.24, 2.45) is 0 Å². The van der Waals surface area contributed by atoms with E-state index in [0.29, 0.717) is 38.8 Å². The third-order valence-electron chi connectivity index (χ3n) is 5.08. The predicted molar refractivity (Wildman–Crippen MR) is 141 cm³/mol. The highest BCUT2D eigenvalue weighted by molar-refractivity contribution is 9.10. The molecule has 3 aromatic carbocycles. The van der Waals surface area contributed by atoms with Gasteiger partial charge in [-0.3, -0.25) is 9.59 Å². The van der Waals surface area contributed by atoms with E-state index in [1.54, 1.807) is 43.3 Å². The van der Waals surface area contributed by atoms with E-state index < -0.39 is 23.7 Å². The van der Waals surface area contributed by atoms with Crippen molar-refractivity contribution in [3.63, 3.8) is 0 Å². The summed E-state index contributed by atoms with van der Waals surface area (Å²) in [5.41, 5.74) is 1.42. The number of ether oxygens (including phenoxy) is 2. The zero-order valence-corrected chi connectivity index (χ0v) is 21.7. The second-order valence-corrected chi connectivity index (χ2v) is 9.00. The van der Waals surface area contributed by atoms with Crippen LogP contribution in [0.1, 0.15) is 12.5 Å². The van der Waals surface area contributed by atoms with Crippen LogP contribution in [0.3, 0.4) is 0 Å². The Hall–Kier alpha value is -3.89. The highest BCUT2D eigenvalue weighted by atomic mass is 79.9. The Morgan fingerprint density at radius 3 is 2.49 bits per heavy atom. The molecular weight excluding hydrogens is 569 g/mol. The van der Waals surface area contributed by atoms with Gasteiger partial charge in [0.2, 0.25) is 0 Å². The summed E-state index contributed by atoms with van der Waals surface area (Å²) in [6, 6.07) is 14.4. The van der Waals surface area contributed by atoms with Crippen molar-refractivity contribution >= 4 is 62.8 Å². The number of nitrogens with zero attached hydrogens (tertiary/aromatic N) is 1. The number of benzene rings is 3. The molecule has 0 aromatic heterocycles. The van der Waals surface area contributed by atoms with Gasteiger partial charge in [-0.1, -0.05) is 11.6 Å². The number of anilines is 2. The van der Waals surface area contributed by atoms with Crippen LogP contribution in [0.4, 0.5) is 20.6 Å². The maximum Gasteiger partial charge on any atom is 0.333 e. The normalized spacial score (nSPS) is 14.1. The van der Waals surface area contributed by atoms with Gasteiger partial charge in [-0.15, -0.1) is 0 Å². The van der Waals surface area contributed by atoms with Crippen molar-refractivity contribution in [3.05, 3.63) is 87.2 Å². The zero-order valence-electron chi connectivity index (χ0n) is 19.4. The molecule has 1 saturated heterocycles. The minimum atomic E-state index is -0.588. The molecule has 0 aliphatic carbocycles. The Labute approximate surface area is 225 Å². The minimum absolute atomic E-state index is 0.0710. The molecular formula is C26H20BrClFN3O5. The molecule has 1 fully saturated rings. The van der Waals surface area contributed by atoms with Crippen molar-refractivity contribution in [1.29, 1.82) is 0 Å². The molecule has 37 heavy (non-hydrogen) atoms. The largest absolute Gasteiger partial charge is 0.490 e. The molecule has 1 aliphatic heterocycles. The van der Waals surface area contributed by atoms with Crippen molar-refractivity contribution in [1.82, 2.24) is 5.32 Å². The Kier molecular flexibility index (Phi) is 8.10. The lowest BCUT2D eigenvalue weighted by molar-refractivity contribution is -0.118. The molecule has 0 spiro atoms. The molecule has 0 atom stereocenters.